The number of esters is 1. The van der Waals surface area contributed by atoms with Crippen LogP contribution in [-0.2, 0) is 9.59 Å². The van der Waals surface area contributed by atoms with Crippen LogP contribution in [-0.4, -0.2) is 30.6 Å². The number of ether oxygens (including phenoxy) is 2. The summed E-state index contributed by atoms with van der Waals surface area (Å²) in [5, 5.41) is 6.46. The Morgan fingerprint density at radius 2 is 1.59 bits per heavy atom. The Labute approximate surface area is 201 Å². The molecule has 0 spiro atoms. The number of amides is 2. The number of nitrogens with zero attached hydrogens (tertiary/aromatic N) is 1. The van der Waals surface area contributed by atoms with Gasteiger partial charge in [0.25, 0.3) is 0 Å². The van der Waals surface area contributed by atoms with Crippen molar-refractivity contribution in [3.63, 3.8) is 0 Å². The van der Waals surface area contributed by atoms with Gasteiger partial charge >= 0.3 is 17.8 Å². The monoisotopic (exact) mass is 479 g/mol. The first-order valence-corrected chi connectivity index (χ1v) is 10.8. The summed E-state index contributed by atoms with van der Waals surface area (Å²) in [5.41, 5.74) is 3.47. The number of nitrogens with one attached hydrogen (secondary N) is 2. The largest absolute Gasteiger partial charge is 0.494 e. The lowest BCUT2D eigenvalue weighted by Crippen LogP contribution is -2.32. The lowest BCUT2D eigenvalue weighted by molar-refractivity contribution is -0.136. The highest BCUT2D eigenvalue weighted by Gasteiger charge is 2.14. The molecule has 0 saturated carbocycles. The van der Waals surface area contributed by atoms with Crippen molar-refractivity contribution in [2.24, 2.45) is 5.10 Å². The fourth-order valence-electron chi connectivity index (χ4n) is 2.65. The van der Waals surface area contributed by atoms with Crippen LogP contribution in [0.15, 0.2) is 77.9 Å². The third-order valence-corrected chi connectivity index (χ3v) is 4.69. The predicted octanol–water partition coefficient (Wildman–Crippen LogP) is 4.44. The van der Waals surface area contributed by atoms with Gasteiger partial charge in [-0.3, -0.25) is 9.59 Å². The lowest BCUT2D eigenvalue weighted by atomic mass is 10.2. The van der Waals surface area contributed by atoms with Gasteiger partial charge in [-0.25, -0.2) is 10.2 Å². The van der Waals surface area contributed by atoms with Crippen LogP contribution in [0.5, 0.6) is 11.5 Å². The molecule has 0 aromatic heterocycles. The van der Waals surface area contributed by atoms with E-state index in [2.05, 4.69) is 15.8 Å². The van der Waals surface area contributed by atoms with Gasteiger partial charge in [0, 0.05) is 0 Å². The van der Waals surface area contributed by atoms with Gasteiger partial charge in [-0.15, -0.1) is 0 Å². The molecule has 0 radical (unpaired) electrons. The Morgan fingerprint density at radius 3 is 2.26 bits per heavy atom. The van der Waals surface area contributed by atoms with E-state index in [4.69, 9.17) is 21.1 Å². The normalized spacial score (nSPS) is 10.5. The first kappa shape index (κ1) is 24.5. The van der Waals surface area contributed by atoms with Crippen LogP contribution in [0.1, 0.15) is 29.3 Å². The molecule has 0 aliphatic rings. The maximum Gasteiger partial charge on any atom is 0.343 e. The number of rotatable bonds is 8. The van der Waals surface area contributed by atoms with Gasteiger partial charge in [-0.1, -0.05) is 30.7 Å². The molecule has 0 atom stereocenters. The summed E-state index contributed by atoms with van der Waals surface area (Å²) in [5.74, 6) is -1.32. The topological polar surface area (TPSA) is 106 Å². The highest BCUT2D eigenvalue weighted by atomic mass is 35.5. The molecule has 0 fully saturated rings. The molecule has 0 aliphatic carbocycles. The average Bonchev–Trinajstić information content (AvgIpc) is 2.85. The average molecular weight is 480 g/mol. The van der Waals surface area contributed by atoms with Crippen LogP contribution in [0.2, 0.25) is 5.02 Å². The molecule has 3 rings (SSSR count). The molecule has 0 bridgehead atoms. The first-order valence-electron chi connectivity index (χ1n) is 10.4. The van der Waals surface area contributed by atoms with E-state index in [1.165, 1.54) is 6.21 Å². The summed E-state index contributed by atoms with van der Waals surface area (Å²) in [4.78, 5) is 36.1. The van der Waals surface area contributed by atoms with E-state index in [1.807, 2.05) is 6.92 Å². The van der Waals surface area contributed by atoms with Crippen LogP contribution in [0, 0.1) is 0 Å². The zero-order valence-electron chi connectivity index (χ0n) is 18.3. The van der Waals surface area contributed by atoms with Crippen molar-refractivity contribution in [3.05, 3.63) is 88.9 Å². The molecule has 2 amide bonds. The van der Waals surface area contributed by atoms with Gasteiger partial charge in [-0.05, 0) is 72.6 Å². The number of halogens is 1. The Hall–Kier alpha value is -4.17. The number of carbonyl (C=O) groups is 3. The zero-order chi connectivity index (χ0) is 24.3. The lowest BCUT2D eigenvalue weighted by Gasteiger charge is -2.07. The molecule has 0 saturated heterocycles. The van der Waals surface area contributed by atoms with Gasteiger partial charge < -0.3 is 14.8 Å². The van der Waals surface area contributed by atoms with E-state index in [1.54, 1.807) is 72.8 Å². The minimum atomic E-state index is -0.951. The van der Waals surface area contributed by atoms with Crippen molar-refractivity contribution >= 4 is 41.3 Å². The summed E-state index contributed by atoms with van der Waals surface area (Å²) in [6.07, 6.45) is 2.25. The molecular formula is C25H22ClN3O5. The molecule has 0 unspecified atom stereocenters. The van der Waals surface area contributed by atoms with Crippen LogP contribution >= 0.6 is 11.6 Å². The number of anilines is 1. The summed E-state index contributed by atoms with van der Waals surface area (Å²) < 4.78 is 10.9. The van der Waals surface area contributed by atoms with Crippen molar-refractivity contribution in [2.75, 3.05) is 11.9 Å². The smallest absolute Gasteiger partial charge is 0.343 e. The highest BCUT2D eigenvalue weighted by Crippen LogP contribution is 2.20. The van der Waals surface area contributed by atoms with Gasteiger partial charge in [0.05, 0.1) is 29.1 Å². The quantitative estimate of drug-likeness (QED) is 0.163. The van der Waals surface area contributed by atoms with E-state index in [0.717, 1.165) is 6.42 Å². The van der Waals surface area contributed by atoms with Crippen LogP contribution < -0.4 is 20.2 Å². The summed E-state index contributed by atoms with van der Waals surface area (Å²) in [6, 6.07) is 19.7. The second-order valence-electron chi connectivity index (χ2n) is 6.96. The number of hydrazone groups is 1. The minimum Gasteiger partial charge on any atom is -0.494 e. The van der Waals surface area contributed by atoms with Crippen LogP contribution in [0.3, 0.4) is 0 Å². The van der Waals surface area contributed by atoms with Gasteiger partial charge in [0.15, 0.2) is 0 Å². The summed E-state index contributed by atoms with van der Waals surface area (Å²) >= 11 is 5.95. The Kier molecular flexibility index (Phi) is 8.76. The molecule has 8 nitrogen and oxygen atoms in total. The summed E-state index contributed by atoms with van der Waals surface area (Å²) in [6.45, 7) is 2.63. The van der Waals surface area contributed by atoms with Crippen molar-refractivity contribution in [1.29, 1.82) is 0 Å². The van der Waals surface area contributed by atoms with Gasteiger partial charge in [0.2, 0.25) is 0 Å². The molecule has 174 valence electrons. The van der Waals surface area contributed by atoms with Crippen LogP contribution in [0.4, 0.5) is 5.69 Å². The van der Waals surface area contributed by atoms with Crippen molar-refractivity contribution in [2.45, 2.75) is 13.3 Å². The van der Waals surface area contributed by atoms with E-state index in [9.17, 15) is 14.4 Å². The van der Waals surface area contributed by atoms with Gasteiger partial charge in [0.1, 0.15) is 11.5 Å². The third kappa shape index (κ3) is 7.18. The maximum absolute atomic E-state index is 12.3. The van der Waals surface area contributed by atoms with E-state index >= 15 is 0 Å². The molecule has 0 heterocycles. The molecule has 3 aromatic rings. The standard InChI is InChI=1S/C25H22ClN3O5/c1-2-15-33-19-13-9-18(10-14-19)25(32)34-20-11-7-17(8-12-20)16-27-29-24(31)23(30)28-22-6-4-3-5-21(22)26/h3-14,16H,2,15H2,1H3,(H,28,30)(H,29,31)/b27-16+. The predicted molar refractivity (Wildman–Crippen MR) is 129 cm³/mol. The Balaban J connectivity index is 1.49. The minimum absolute atomic E-state index is 0.311. The molecule has 9 heteroatoms. The second-order valence-corrected chi connectivity index (χ2v) is 7.37. The fraction of sp³-hybridized carbons (Fsp3) is 0.120. The molecule has 34 heavy (non-hydrogen) atoms. The van der Waals surface area contributed by atoms with E-state index in [-0.39, 0.29) is 0 Å². The van der Waals surface area contributed by atoms with Crippen molar-refractivity contribution in [3.8, 4) is 11.5 Å². The van der Waals surface area contributed by atoms with Crippen molar-refractivity contribution < 1.29 is 23.9 Å². The van der Waals surface area contributed by atoms with Gasteiger partial charge in [-0.2, -0.15) is 5.10 Å². The highest BCUT2D eigenvalue weighted by molar-refractivity contribution is 6.41. The third-order valence-electron chi connectivity index (χ3n) is 4.36. The zero-order valence-corrected chi connectivity index (χ0v) is 19.0. The van der Waals surface area contributed by atoms with E-state index in [0.29, 0.717) is 39.9 Å². The second kappa shape index (κ2) is 12.2. The summed E-state index contributed by atoms with van der Waals surface area (Å²) in [7, 11) is 0. The molecule has 2 N–H and O–H groups in total. The Morgan fingerprint density at radius 1 is 0.912 bits per heavy atom. The van der Waals surface area contributed by atoms with Crippen molar-refractivity contribution in [1.82, 2.24) is 5.43 Å². The van der Waals surface area contributed by atoms with E-state index < -0.39 is 17.8 Å². The SMILES string of the molecule is CCCOc1ccc(C(=O)Oc2ccc(/C=N/NC(=O)C(=O)Nc3ccccc3Cl)cc2)cc1. The number of hydrogen-bond acceptors (Lipinski definition) is 6. The molecular weight excluding hydrogens is 458 g/mol. The number of para-hydroxylation sites is 1. The Bertz CT molecular complexity index is 1180. The molecule has 3 aromatic carbocycles. The number of hydrogen-bond donors (Lipinski definition) is 2. The number of benzene rings is 3. The van der Waals surface area contributed by atoms with Crippen LogP contribution in [0.25, 0.3) is 0 Å². The number of carbonyl (C=O) groups excluding carboxylic acids is 3. The molecule has 0 aliphatic heterocycles. The fourth-order valence-corrected chi connectivity index (χ4v) is 2.84. The maximum atomic E-state index is 12.3. The first-order chi connectivity index (χ1) is 16.5.